The van der Waals surface area contributed by atoms with Crippen LogP contribution >= 0.6 is 11.6 Å². The first-order chi connectivity index (χ1) is 15.8. The fourth-order valence-electron chi connectivity index (χ4n) is 3.26. The average Bonchev–Trinajstić information content (AvgIpc) is 3.03. The van der Waals surface area contributed by atoms with Gasteiger partial charge in [-0.15, -0.1) is 0 Å². The van der Waals surface area contributed by atoms with Crippen LogP contribution in [0.5, 0.6) is 5.75 Å². The fourth-order valence-corrected chi connectivity index (χ4v) is 3.50. The van der Waals surface area contributed by atoms with Crippen LogP contribution in [0.15, 0.2) is 42.5 Å². The van der Waals surface area contributed by atoms with Crippen molar-refractivity contribution in [2.24, 2.45) is 0 Å². The van der Waals surface area contributed by atoms with Crippen molar-refractivity contribution in [1.29, 1.82) is 0 Å². The van der Waals surface area contributed by atoms with Gasteiger partial charge in [0, 0.05) is 5.69 Å². The van der Waals surface area contributed by atoms with E-state index in [4.69, 9.17) is 21.1 Å². The van der Waals surface area contributed by atoms with Crippen LogP contribution in [0.4, 0.5) is 23.7 Å². The zero-order chi connectivity index (χ0) is 25.3. The number of nitrogens with zero attached hydrogens (tertiary/aromatic N) is 2. The van der Waals surface area contributed by atoms with Crippen LogP contribution in [0.1, 0.15) is 31.9 Å². The quantitative estimate of drug-likeness (QED) is 0.394. The third-order valence-electron chi connectivity index (χ3n) is 5.03. The number of hydrogen-bond acceptors (Lipinski definition) is 5. The molecular formula is C23H22ClF3N2O5. The van der Waals surface area contributed by atoms with Crippen LogP contribution in [-0.4, -0.2) is 41.6 Å². The lowest BCUT2D eigenvalue weighted by molar-refractivity contribution is -0.158. The topological polar surface area (TPSA) is 76.2 Å². The van der Waals surface area contributed by atoms with Crippen molar-refractivity contribution in [3.63, 3.8) is 0 Å². The molecule has 11 heteroatoms. The Balaban J connectivity index is 1.72. The van der Waals surface area contributed by atoms with Crippen LogP contribution in [0.2, 0.25) is 5.02 Å². The van der Waals surface area contributed by atoms with E-state index in [1.165, 1.54) is 26.0 Å². The van der Waals surface area contributed by atoms with Gasteiger partial charge in [-0.05, 0) is 62.7 Å². The molecule has 0 saturated carbocycles. The number of hydrogen-bond donors (Lipinski definition) is 0. The van der Waals surface area contributed by atoms with Crippen molar-refractivity contribution in [1.82, 2.24) is 4.90 Å². The molecule has 1 aliphatic rings. The maximum atomic E-state index is 12.8. The molecule has 1 heterocycles. The summed E-state index contributed by atoms with van der Waals surface area (Å²) in [6, 6.07) is 7.93. The number of esters is 1. The Kier molecular flexibility index (Phi) is 7.11. The largest absolute Gasteiger partial charge is 0.475 e. The molecule has 1 aliphatic heterocycles. The number of ether oxygens (including phenoxy) is 2. The number of rotatable bonds is 7. The second kappa shape index (κ2) is 9.54. The summed E-state index contributed by atoms with van der Waals surface area (Å²) in [6.07, 6.45) is -4.50. The summed E-state index contributed by atoms with van der Waals surface area (Å²) in [6.45, 7) is 4.54. The third kappa shape index (κ3) is 5.44. The summed E-state index contributed by atoms with van der Waals surface area (Å²) in [4.78, 5) is 39.3. The molecule has 34 heavy (non-hydrogen) atoms. The minimum absolute atomic E-state index is 0.101. The Hall–Kier alpha value is -3.27. The number of imide groups is 1. The summed E-state index contributed by atoms with van der Waals surface area (Å²) in [5.41, 5.74) is -1.45. The maximum Gasteiger partial charge on any atom is 0.416 e. The summed E-state index contributed by atoms with van der Waals surface area (Å²) in [7, 11) is 0. The Morgan fingerprint density at radius 3 is 2.29 bits per heavy atom. The molecule has 0 N–H and O–H groups in total. The van der Waals surface area contributed by atoms with Crippen LogP contribution in [0.3, 0.4) is 0 Å². The molecule has 0 atom stereocenters. The molecule has 7 nitrogen and oxygen atoms in total. The molecule has 0 spiro atoms. The average molecular weight is 499 g/mol. The maximum absolute atomic E-state index is 12.8. The van der Waals surface area contributed by atoms with Crippen molar-refractivity contribution < 1.29 is 37.0 Å². The monoisotopic (exact) mass is 498 g/mol. The number of carbonyl (C=O) groups excluding carboxylic acids is 3. The highest BCUT2D eigenvalue weighted by atomic mass is 35.5. The Bertz CT molecular complexity index is 1100. The molecule has 3 amide bonds. The lowest BCUT2D eigenvalue weighted by Gasteiger charge is -2.25. The van der Waals surface area contributed by atoms with Gasteiger partial charge in [0.05, 0.1) is 23.7 Å². The normalized spacial score (nSPS) is 14.6. The highest BCUT2D eigenvalue weighted by Gasteiger charge is 2.38. The number of alkyl halides is 3. The van der Waals surface area contributed by atoms with Crippen molar-refractivity contribution >= 4 is 35.2 Å². The molecule has 0 bridgehead atoms. The Morgan fingerprint density at radius 2 is 1.74 bits per heavy atom. The van der Waals surface area contributed by atoms with Gasteiger partial charge in [0.1, 0.15) is 12.3 Å². The number of urea groups is 1. The smallest absolute Gasteiger partial charge is 0.416 e. The van der Waals surface area contributed by atoms with E-state index in [-0.39, 0.29) is 36.2 Å². The molecule has 0 radical (unpaired) electrons. The van der Waals surface area contributed by atoms with Crippen molar-refractivity contribution in [3.8, 4) is 5.75 Å². The van der Waals surface area contributed by atoms with Gasteiger partial charge in [0.2, 0.25) is 0 Å². The van der Waals surface area contributed by atoms with E-state index >= 15 is 0 Å². The van der Waals surface area contributed by atoms with Gasteiger partial charge in [-0.1, -0.05) is 17.7 Å². The lowest BCUT2D eigenvalue weighted by atomic mass is 10.1. The van der Waals surface area contributed by atoms with E-state index in [1.54, 1.807) is 13.0 Å². The lowest BCUT2D eigenvalue weighted by Crippen LogP contribution is -2.39. The highest BCUT2D eigenvalue weighted by molar-refractivity contribution is 6.32. The molecule has 0 unspecified atom stereocenters. The highest BCUT2D eigenvalue weighted by Crippen LogP contribution is 2.33. The van der Waals surface area contributed by atoms with Gasteiger partial charge in [-0.25, -0.2) is 9.59 Å². The zero-order valence-corrected chi connectivity index (χ0v) is 19.4. The van der Waals surface area contributed by atoms with E-state index in [0.29, 0.717) is 5.56 Å². The summed E-state index contributed by atoms with van der Waals surface area (Å²) in [5.74, 6) is -0.856. The Morgan fingerprint density at radius 1 is 1.09 bits per heavy atom. The number of amides is 3. The van der Waals surface area contributed by atoms with Gasteiger partial charge in [-0.2, -0.15) is 13.2 Å². The summed E-state index contributed by atoms with van der Waals surface area (Å²) in [5, 5.41) is 0.161. The minimum atomic E-state index is -4.50. The summed E-state index contributed by atoms with van der Waals surface area (Å²) >= 11 is 6.28. The van der Waals surface area contributed by atoms with Crippen molar-refractivity contribution in [2.75, 3.05) is 18.1 Å². The van der Waals surface area contributed by atoms with Gasteiger partial charge >= 0.3 is 18.2 Å². The first-order valence-corrected chi connectivity index (χ1v) is 10.6. The van der Waals surface area contributed by atoms with Gasteiger partial charge in [-0.3, -0.25) is 14.6 Å². The molecule has 3 rings (SSSR count). The van der Waals surface area contributed by atoms with Crippen LogP contribution in [0.25, 0.3) is 0 Å². The first-order valence-electron chi connectivity index (χ1n) is 10.3. The molecule has 2 aromatic rings. The van der Waals surface area contributed by atoms with E-state index in [9.17, 15) is 27.6 Å². The SMILES string of the molecule is CCOC(=O)C(C)(C)Oc1ccc(CN2C(=O)CN(c3ccc(C(F)(F)F)cc3)C2=O)cc1Cl. The molecule has 1 fully saturated rings. The van der Waals surface area contributed by atoms with Gasteiger partial charge in [0.15, 0.2) is 5.60 Å². The predicted octanol–water partition coefficient (Wildman–Crippen LogP) is 5.05. The minimum Gasteiger partial charge on any atom is -0.475 e. The molecular weight excluding hydrogens is 477 g/mol. The van der Waals surface area contributed by atoms with Gasteiger partial charge < -0.3 is 9.47 Å². The van der Waals surface area contributed by atoms with Crippen LogP contribution in [0, 0.1) is 0 Å². The van der Waals surface area contributed by atoms with Crippen molar-refractivity contribution in [3.05, 3.63) is 58.6 Å². The molecule has 2 aromatic carbocycles. The zero-order valence-electron chi connectivity index (χ0n) is 18.6. The Labute approximate surface area is 199 Å². The van der Waals surface area contributed by atoms with Crippen molar-refractivity contribution in [2.45, 2.75) is 39.1 Å². The number of carbonyl (C=O) groups is 3. The first kappa shape index (κ1) is 25.4. The van der Waals surface area contributed by atoms with E-state index < -0.39 is 35.2 Å². The number of halogens is 4. The van der Waals surface area contributed by atoms with Crippen LogP contribution in [-0.2, 0) is 27.0 Å². The van der Waals surface area contributed by atoms with Crippen LogP contribution < -0.4 is 9.64 Å². The fraction of sp³-hybridized carbons (Fsp3) is 0.348. The molecule has 182 valence electrons. The van der Waals surface area contributed by atoms with Gasteiger partial charge in [0.25, 0.3) is 5.91 Å². The van der Waals surface area contributed by atoms with E-state index in [2.05, 4.69) is 0 Å². The number of benzene rings is 2. The number of anilines is 1. The second-order valence-electron chi connectivity index (χ2n) is 7.99. The standard InChI is InChI=1S/C23H22ClF3N2O5/c1-4-33-20(31)22(2,3)34-18-10-5-14(11-17(18)24)12-29-19(30)13-28(21(29)32)16-8-6-15(7-9-16)23(25,26)27/h5-11H,4,12-13H2,1-3H3. The van der Waals surface area contributed by atoms with E-state index in [0.717, 1.165) is 34.1 Å². The summed E-state index contributed by atoms with van der Waals surface area (Å²) < 4.78 is 49.0. The molecule has 1 saturated heterocycles. The van der Waals surface area contributed by atoms with E-state index in [1.807, 2.05) is 0 Å². The third-order valence-corrected chi connectivity index (χ3v) is 5.33. The molecule has 0 aromatic heterocycles. The second-order valence-corrected chi connectivity index (χ2v) is 8.40. The molecule has 0 aliphatic carbocycles. The predicted molar refractivity (Wildman–Crippen MR) is 118 cm³/mol.